The monoisotopic (exact) mass is 360 g/mol. The van der Waals surface area contributed by atoms with Crippen LogP contribution < -0.4 is 5.32 Å². The van der Waals surface area contributed by atoms with Crippen LogP contribution in [0.4, 0.5) is 5.13 Å². The number of likely N-dealkylation sites (tertiary alicyclic amines) is 1. The molecule has 1 aliphatic heterocycles. The first kappa shape index (κ1) is 16.7. The number of anilines is 1. The largest absolute Gasteiger partial charge is 0.301 e. The van der Waals surface area contributed by atoms with Gasteiger partial charge in [0.2, 0.25) is 11.0 Å². The van der Waals surface area contributed by atoms with Crippen molar-refractivity contribution in [2.24, 2.45) is 0 Å². The van der Waals surface area contributed by atoms with Crippen LogP contribution in [-0.2, 0) is 4.79 Å². The SMILES string of the molecule is Cc1cc(C)n([C@@H]2CCN(CCC(=O)Nc3nnc(C4CC4)s3)C2)n1. The van der Waals surface area contributed by atoms with Crippen LogP contribution in [0.2, 0.25) is 0 Å². The number of hydrogen-bond acceptors (Lipinski definition) is 6. The van der Waals surface area contributed by atoms with Crippen molar-refractivity contribution in [3.05, 3.63) is 22.5 Å². The van der Waals surface area contributed by atoms with E-state index in [1.54, 1.807) is 0 Å². The Labute approximate surface area is 151 Å². The summed E-state index contributed by atoms with van der Waals surface area (Å²) in [7, 11) is 0. The van der Waals surface area contributed by atoms with Gasteiger partial charge >= 0.3 is 0 Å². The van der Waals surface area contributed by atoms with E-state index in [4.69, 9.17) is 0 Å². The fraction of sp³-hybridized carbons (Fsp3) is 0.647. The molecule has 0 spiro atoms. The Balaban J connectivity index is 1.24. The second-order valence-corrected chi connectivity index (χ2v) is 8.14. The minimum absolute atomic E-state index is 0.0214. The zero-order valence-electron chi connectivity index (χ0n) is 14.7. The molecule has 0 unspecified atom stereocenters. The number of aromatic nitrogens is 4. The normalized spacial score (nSPS) is 21.0. The molecule has 1 aliphatic carbocycles. The summed E-state index contributed by atoms with van der Waals surface area (Å²) in [6.45, 7) is 6.88. The van der Waals surface area contributed by atoms with Gasteiger partial charge in [0.1, 0.15) is 5.01 Å². The molecule has 0 aromatic carbocycles. The minimum atomic E-state index is 0.0214. The van der Waals surface area contributed by atoms with Crippen molar-refractivity contribution < 1.29 is 4.79 Å². The molecule has 3 heterocycles. The smallest absolute Gasteiger partial charge is 0.227 e. The summed E-state index contributed by atoms with van der Waals surface area (Å²) in [6.07, 6.45) is 3.98. The maximum atomic E-state index is 12.2. The molecule has 1 saturated carbocycles. The number of nitrogens with zero attached hydrogens (tertiary/aromatic N) is 5. The predicted molar refractivity (Wildman–Crippen MR) is 96.9 cm³/mol. The molecule has 0 bridgehead atoms. The first-order valence-corrected chi connectivity index (χ1v) is 9.78. The minimum Gasteiger partial charge on any atom is -0.301 e. The summed E-state index contributed by atoms with van der Waals surface area (Å²) in [5.41, 5.74) is 2.28. The van der Waals surface area contributed by atoms with E-state index in [9.17, 15) is 4.79 Å². The first-order valence-electron chi connectivity index (χ1n) is 8.97. The maximum absolute atomic E-state index is 12.2. The molecule has 1 saturated heterocycles. The molecule has 1 amide bonds. The van der Waals surface area contributed by atoms with E-state index in [2.05, 4.69) is 43.2 Å². The molecular formula is C17H24N6OS. The zero-order chi connectivity index (χ0) is 17.4. The summed E-state index contributed by atoms with van der Waals surface area (Å²) in [5.74, 6) is 0.604. The van der Waals surface area contributed by atoms with Crippen molar-refractivity contribution in [1.82, 2.24) is 24.9 Å². The van der Waals surface area contributed by atoms with Crippen molar-refractivity contribution in [2.75, 3.05) is 25.0 Å². The lowest BCUT2D eigenvalue weighted by Gasteiger charge is -2.16. The molecule has 1 N–H and O–H groups in total. The third-order valence-electron chi connectivity index (χ3n) is 4.91. The van der Waals surface area contributed by atoms with Gasteiger partial charge in [-0.15, -0.1) is 10.2 Å². The summed E-state index contributed by atoms with van der Waals surface area (Å²) in [4.78, 5) is 14.5. The Morgan fingerprint density at radius 3 is 2.88 bits per heavy atom. The van der Waals surface area contributed by atoms with Crippen LogP contribution in [0.1, 0.15) is 54.0 Å². The molecule has 0 radical (unpaired) electrons. The van der Waals surface area contributed by atoms with E-state index in [-0.39, 0.29) is 5.91 Å². The van der Waals surface area contributed by atoms with Gasteiger partial charge in [0.05, 0.1) is 11.7 Å². The standard InChI is InChI=1S/C17H24N6OS/c1-11-9-12(2)23(21-11)14-5-7-22(10-14)8-6-15(24)18-17-20-19-16(25-17)13-3-4-13/h9,13-14H,3-8,10H2,1-2H3,(H,18,20,24)/t14-/m1/s1. The van der Waals surface area contributed by atoms with Crippen LogP contribution in [-0.4, -0.2) is 50.4 Å². The van der Waals surface area contributed by atoms with Crippen LogP contribution in [0.25, 0.3) is 0 Å². The lowest BCUT2D eigenvalue weighted by atomic mass is 10.2. The van der Waals surface area contributed by atoms with Crippen LogP contribution in [0.5, 0.6) is 0 Å². The second-order valence-electron chi connectivity index (χ2n) is 7.13. The highest BCUT2D eigenvalue weighted by molar-refractivity contribution is 7.15. The Kier molecular flexibility index (Phi) is 4.56. The van der Waals surface area contributed by atoms with E-state index in [0.29, 0.717) is 23.5 Å². The number of rotatable bonds is 6. The molecule has 2 aromatic heterocycles. The number of hydrogen-bond donors (Lipinski definition) is 1. The zero-order valence-corrected chi connectivity index (χ0v) is 15.6. The molecular weight excluding hydrogens is 336 g/mol. The van der Waals surface area contributed by atoms with E-state index in [1.807, 2.05) is 6.92 Å². The van der Waals surface area contributed by atoms with Crippen LogP contribution in [0.15, 0.2) is 6.07 Å². The molecule has 25 heavy (non-hydrogen) atoms. The van der Waals surface area contributed by atoms with E-state index < -0.39 is 0 Å². The van der Waals surface area contributed by atoms with E-state index in [0.717, 1.165) is 36.8 Å². The van der Waals surface area contributed by atoms with Gasteiger partial charge in [-0.25, -0.2) is 0 Å². The van der Waals surface area contributed by atoms with Crippen molar-refractivity contribution in [3.63, 3.8) is 0 Å². The Bertz CT molecular complexity index is 765. The molecule has 2 aromatic rings. The second kappa shape index (κ2) is 6.84. The number of aryl methyl sites for hydroxylation is 2. The number of carbonyl (C=O) groups is 1. The number of nitrogens with one attached hydrogen (secondary N) is 1. The number of amides is 1. The molecule has 134 valence electrons. The van der Waals surface area contributed by atoms with Gasteiger partial charge in [-0.05, 0) is 39.2 Å². The fourth-order valence-electron chi connectivity index (χ4n) is 3.45. The van der Waals surface area contributed by atoms with Crippen molar-refractivity contribution in [3.8, 4) is 0 Å². The molecule has 1 atom stereocenters. The van der Waals surface area contributed by atoms with Gasteiger partial charge in [-0.2, -0.15) is 5.10 Å². The Hall–Kier alpha value is -1.80. The Morgan fingerprint density at radius 1 is 1.32 bits per heavy atom. The molecule has 2 aliphatic rings. The van der Waals surface area contributed by atoms with Crippen molar-refractivity contribution >= 4 is 22.4 Å². The molecule has 4 rings (SSSR count). The molecule has 8 heteroatoms. The average molecular weight is 360 g/mol. The highest BCUT2D eigenvalue weighted by Crippen LogP contribution is 2.42. The first-order chi connectivity index (χ1) is 12.1. The number of carbonyl (C=O) groups excluding carboxylic acids is 1. The maximum Gasteiger partial charge on any atom is 0.227 e. The lowest BCUT2D eigenvalue weighted by molar-refractivity contribution is -0.116. The van der Waals surface area contributed by atoms with Gasteiger partial charge in [0.15, 0.2) is 0 Å². The summed E-state index contributed by atoms with van der Waals surface area (Å²) >= 11 is 1.51. The third kappa shape index (κ3) is 3.90. The fourth-order valence-corrected chi connectivity index (χ4v) is 4.38. The predicted octanol–water partition coefficient (Wildman–Crippen LogP) is 2.50. The van der Waals surface area contributed by atoms with Crippen molar-refractivity contribution in [2.45, 2.75) is 51.5 Å². The summed E-state index contributed by atoms with van der Waals surface area (Å²) in [5, 5.41) is 17.4. The van der Waals surface area contributed by atoms with Gasteiger partial charge in [0, 0.05) is 37.7 Å². The average Bonchev–Trinajstić information content (AvgIpc) is 2.99. The van der Waals surface area contributed by atoms with Gasteiger partial charge in [0.25, 0.3) is 0 Å². The highest BCUT2D eigenvalue weighted by Gasteiger charge is 2.28. The summed E-state index contributed by atoms with van der Waals surface area (Å²) < 4.78 is 2.13. The summed E-state index contributed by atoms with van der Waals surface area (Å²) in [6, 6.07) is 2.54. The highest BCUT2D eigenvalue weighted by atomic mass is 32.1. The van der Waals surface area contributed by atoms with E-state index >= 15 is 0 Å². The van der Waals surface area contributed by atoms with Crippen LogP contribution in [0.3, 0.4) is 0 Å². The van der Waals surface area contributed by atoms with Crippen LogP contribution in [0, 0.1) is 13.8 Å². The third-order valence-corrected chi connectivity index (χ3v) is 5.91. The Morgan fingerprint density at radius 2 is 2.16 bits per heavy atom. The topological polar surface area (TPSA) is 75.9 Å². The van der Waals surface area contributed by atoms with E-state index in [1.165, 1.54) is 29.9 Å². The molecule has 7 nitrogen and oxygen atoms in total. The molecule has 2 fully saturated rings. The van der Waals surface area contributed by atoms with Gasteiger partial charge < -0.3 is 10.2 Å². The quantitative estimate of drug-likeness (QED) is 0.856. The van der Waals surface area contributed by atoms with Crippen LogP contribution >= 0.6 is 11.3 Å². The van der Waals surface area contributed by atoms with Gasteiger partial charge in [-0.1, -0.05) is 11.3 Å². The lowest BCUT2D eigenvalue weighted by Crippen LogP contribution is -2.26. The van der Waals surface area contributed by atoms with Gasteiger partial charge in [-0.3, -0.25) is 9.48 Å². The van der Waals surface area contributed by atoms with Crippen molar-refractivity contribution in [1.29, 1.82) is 0 Å².